The van der Waals surface area contributed by atoms with E-state index >= 15 is 0 Å². The smallest absolute Gasteiger partial charge is 0.348 e. The third-order valence-corrected chi connectivity index (χ3v) is 6.38. The molecule has 0 aliphatic rings. The molecule has 0 spiro atoms. The summed E-state index contributed by atoms with van der Waals surface area (Å²) in [6.45, 7) is 8.09. The molecule has 1 aromatic heterocycles. The Morgan fingerprint density at radius 3 is 2.56 bits per heavy atom. The zero-order chi connectivity index (χ0) is 18.7. The molecule has 2 rings (SSSR count). The van der Waals surface area contributed by atoms with Gasteiger partial charge in [-0.05, 0) is 41.7 Å². The molecule has 2 aromatic rings. The Labute approximate surface area is 153 Å². The van der Waals surface area contributed by atoms with Crippen molar-refractivity contribution in [3.05, 3.63) is 46.8 Å². The summed E-state index contributed by atoms with van der Waals surface area (Å²) < 4.78 is 30.4. The van der Waals surface area contributed by atoms with Crippen LogP contribution in [0.25, 0.3) is 0 Å². The molecule has 0 bridgehead atoms. The third kappa shape index (κ3) is 5.57. The average Bonchev–Trinajstić information content (AvgIpc) is 2.95. The number of hydrogen-bond acceptors (Lipinski definition) is 5. The van der Waals surface area contributed by atoms with Crippen molar-refractivity contribution in [2.24, 2.45) is 0 Å². The summed E-state index contributed by atoms with van der Waals surface area (Å²) in [5, 5.41) is 2.69. The first-order valence-corrected chi connectivity index (χ1v) is 10.2. The Kier molecular flexibility index (Phi) is 5.90. The van der Waals surface area contributed by atoms with Gasteiger partial charge in [0.15, 0.2) is 4.21 Å². The quantitative estimate of drug-likeness (QED) is 0.778. The molecule has 1 heterocycles. The van der Waals surface area contributed by atoms with Crippen LogP contribution in [0.5, 0.6) is 5.75 Å². The van der Waals surface area contributed by atoms with Gasteiger partial charge in [0, 0.05) is 18.3 Å². The van der Waals surface area contributed by atoms with Gasteiger partial charge in [-0.1, -0.05) is 32.9 Å². The number of hydrogen-bond donors (Lipinski definition) is 1. The van der Waals surface area contributed by atoms with Crippen LogP contribution in [-0.4, -0.2) is 20.9 Å². The molecule has 0 unspecified atom stereocenters. The van der Waals surface area contributed by atoms with E-state index in [-0.39, 0.29) is 15.5 Å². The second-order valence-electron chi connectivity index (χ2n) is 6.77. The highest BCUT2D eigenvalue weighted by atomic mass is 32.3. The lowest BCUT2D eigenvalue weighted by molar-refractivity contribution is -0.118. The topological polar surface area (TPSA) is 72.5 Å². The van der Waals surface area contributed by atoms with Crippen molar-refractivity contribution < 1.29 is 17.4 Å². The molecular formula is C18H23NO4S2. The lowest BCUT2D eigenvalue weighted by Crippen LogP contribution is -2.22. The van der Waals surface area contributed by atoms with Crippen molar-refractivity contribution in [2.45, 2.75) is 43.7 Å². The first-order chi connectivity index (χ1) is 11.6. The van der Waals surface area contributed by atoms with Crippen LogP contribution in [0.4, 0.5) is 0 Å². The van der Waals surface area contributed by atoms with E-state index in [0.29, 0.717) is 18.7 Å². The standard InChI is InChI=1S/C18H23NO4S2/c1-13(20)19-11-10-16-8-9-17(24-16)25(21,22)23-15-7-5-6-14(12-15)18(2,3)4/h5-9,12H,10-11H2,1-4H3,(H,19,20). The van der Waals surface area contributed by atoms with Crippen molar-refractivity contribution in [3.8, 4) is 5.75 Å². The predicted molar refractivity (Wildman–Crippen MR) is 99.7 cm³/mol. The average molecular weight is 382 g/mol. The number of nitrogens with one attached hydrogen (secondary N) is 1. The molecule has 5 nitrogen and oxygen atoms in total. The molecule has 136 valence electrons. The van der Waals surface area contributed by atoms with Gasteiger partial charge >= 0.3 is 10.1 Å². The van der Waals surface area contributed by atoms with Crippen LogP contribution in [0.3, 0.4) is 0 Å². The van der Waals surface area contributed by atoms with Gasteiger partial charge in [0.25, 0.3) is 0 Å². The Bertz CT molecular complexity index is 848. The van der Waals surface area contributed by atoms with E-state index in [2.05, 4.69) is 26.1 Å². The molecule has 0 radical (unpaired) electrons. The molecule has 0 saturated carbocycles. The van der Waals surface area contributed by atoms with E-state index in [1.54, 1.807) is 24.3 Å². The number of carbonyl (C=O) groups is 1. The molecule has 0 aliphatic heterocycles. The maximum Gasteiger partial charge on any atom is 0.348 e. The minimum absolute atomic E-state index is 0.0943. The number of thiophene rings is 1. The number of carbonyl (C=O) groups excluding carboxylic acids is 1. The van der Waals surface area contributed by atoms with Gasteiger partial charge in [-0.3, -0.25) is 4.79 Å². The molecule has 1 aromatic carbocycles. The predicted octanol–water partition coefficient (Wildman–Crippen LogP) is 3.49. The van der Waals surface area contributed by atoms with Crippen LogP contribution in [0.2, 0.25) is 0 Å². The molecule has 25 heavy (non-hydrogen) atoms. The van der Waals surface area contributed by atoms with E-state index in [0.717, 1.165) is 21.8 Å². The summed E-state index contributed by atoms with van der Waals surface area (Å²) in [4.78, 5) is 11.8. The summed E-state index contributed by atoms with van der Waals surface area (Å²) in [7, 11) is -3.86. The number of amides is 1. The monoisotopic (exact) mass is 381 g/mol. The van der Waals surface area contributed by atoms with Gasteiger partial charge < -0.3 is 9.50 Å². The second-order valence-corrected chi connectivity index (χ2v) is 9.71. The van der Waals surface area contributed by atoms with Crippen molar-refractivity contribution in [2.75, 3.05) is 6.54 Å². The van der Waals surface area contributed by atoms with Crippen LogP contribution in [0.1, 0.15) is 38.1 Å². The minimum Gasteiger partial charge on any atom is -0.378 e. The highest BCUT2D eigenvalue weighted by Gasteiger charge is 2.21. The highest BCUT2D eigenvalue weighted by molar-refractivity contribution is 7.89. The zero-order valence-electron chi connectivity index (χ0n) is 14.8. The molecule has 0 atom stereocenters. The fourth-order valence-electron chi connectivity index (χ4n) is 2.17. The number of rotatable bonds is 6. The van der Waals surface area contributed by atoms with E-state index in [1.165, 1.54) is 13.0 Å². The van der Waals surface area contributed by atoms with Gasteiger partial charge in [-0.15, -0.1) is 11.3 Å². The van der Waals surface area contributed by atoms with Crippen LogP contribution in [0, 0.1) is 0 Å². The first-order valence-electron chi connectivity index (χ1n) is 7.96. The lowest BCUT2D eigenvalue weighted by atomic mass is 9.87. The van der Waals surface area contributed by atoms with Crippen LogP contribution in [-0.2, 0) is 26.7 Å². The summed E-state index contributed by atoms with van der Waals surface area (Å²) >= 11 is 1.16. The van der Waals surface area contributed by atoms with Crippen LogP contribution in [0.15, 0.2) is 40.6 Å². The Balaban J connectivity index is 2.12. The van der Waals surface area contributed by atoms with E-state index in [9.17, 15) is 13.2 Å². The fraction of sp³-hybridized carbons (Fsp3) is 0.389. The minimum atomic E-state index is -3.86. The summed E-state index contributed by atoms with van der Waals surface area (Å²) in [5.41, 5.74) is 0.908. The molecule has 1 amide bonds. The fourth-order valence-corrected chi connectivity index (χ4v) is 4.41. The van der Waals surface area contributed by atoms with Gasteiger partial charge in [-0.25, -0.2) is 0 Å². The Hall–Kier alpha value is -1.86. The van der Waals surface area contributed by atoms with Gasteiger partial charge in [-0.2, -0.15) is 8.42 Å². The first kappa shape index (κ1) is 19.5. The van der Waals surface area contributed by atoms with Crippen LogP contribution >= 0.6 is 11.3 Å². The molecular weight excluding hydrogens is 358 g/mol. The van der Waals surface area contributed by atoms with Crippen molar-refractivity contribution in [1.82, 2.24) is 5.32 Å². The normalized spacial score (nSPS) is 12.0. The maximum atomic E-state index is 12.5. The van der Waals surface area contributed by atoms with Gasteiger partial charge in [0.2, 0.25) is 5.91 Å². The summed E-state index contributed by atoms with van der Waals surface area (Å²) in [6, 6.07) is 10.4. The highest BCUT2D eigenvalue weighted by Crippen LogP contribution is 2.29. The summed E-state index contributed by atoms with van der Waals surface area (Å²) in [6.07, 6.45) is 0.583. The van der Waals surface area contributed by atoms with E-state index < -0.39 is 10.1 Å². The van der Waals surface area contributed by atoms with Crippen molar-refractivity contribution in [1.29, 1.82) is 0 Å². The maximum absolute atomic E-state index is 12.5. The van der Waals surface area contributed by atoms with Crippen molar-refractivity contribution in [3.63, 3.8) is 0 Å². The Morgan fingerprint density at radius 1 is 1.20 bits per heavy atom. The number of benzene rings is 1. The molecule has 0 saturated heterocycles. The van der Waals surface area contributed by atoms with E-state index in [4.69, 9.17) is 4.18 Å². The van der Waals surface area contributed by atoms with Crippen LogP contribution < -0.4 is 9.50 Å². The van der Waals surface area contributed by atoms with Gasteiger partial charge in [0.1, 0.15) is 5.75 Å². The molecule has 0 aliphatic carbocycles. The zero-order valence-corrected chi connectivity index (χ0v) is 16.5. The van der Waals surface area contributed by atoms with Gasteiger partial charge in [0.05, 0.1) is 0 Å². The van der Waals surface area contributed by atoms with Crippen molar-refractivity contribution >= 4 is 27.4 Å². The third-order valence-electron chi connectivity index (χ3n) is 3.53. The largest absolute Gasteiger partial charge is 0.378 e. The second kappa shape index (κ2) is 7.58. The molecule has 1 N–H and O–H groups in total. The SMILES string of the molecule is CC(=O)NCCc1ccc(S(=O)(=O)Oc2cccc(C(C)(C)C)c2)s1. The summed E-state index contributed by atoms with van der Waals surface area (Å²) in [5.74, 6) is 0.201. The molecule has 0 fully saturated rings. The molecule has 7 heteroatoms. The lowest BCUT2D eigenvalue weighted by Gasteiger charge is -2.19. The Morgan fingerprint density at radius 2 is 1.92 bits per heavy atom. The van der Waals surface area contributed by atoms with E-state index in [1.807, 2.05) is 6.07 Å².